The van der Waals surface area contributed by atoms with Crippen LogP contribution in [0.3, 0.4) is 0 Å². The van der Waals surface area contributed by atoms with Crippen molar-refractivity contribution < 1.29 is 9.21 Å². The van der Waals surface area contributed by atoms with Crippen LogP contribution in [-0.4, -0.2) is 6.29 Å². The Morgan fingerprint density at radius 2 is 1.81 bits per heavy atom. The van der Waals surface area contributed by atoms with Gasteiger partial charge >= 0.3 is 0 Å². The lowest BCUT2D eigenvalue weighted by atomic mass is 10.1. The third-order valence-corrected chi connectivity index (χ3v) is 4.17. The molecule has 0 aliphatic rings. The lowest BCUT2D eigenvalue weighted by molar-refractivity contribution is 0.110. The van der Waals surface area contributed by atoms with E-state index in [0.29, 0.717) is 5.76 Å². The van der Waals surface area contributed by atoms with Gasteiger partial charge in [0.15, 0.2) is 12.0 Å². The van der Waals surface area contributed by atoms with Crippen molar-refractivity contribution in [2.24, 2.45) is 0 Å². The van der Waals surface area contributed by atoms with Crippen molar-refractivity contribution in [3.8, 4) is 11.3 Å². The zero-order valence-electron chi connectivity index (χ0n) is 9.08. The van der Waals surface area contributed by atoms with Crippen molar-refractivity contribution in [2.75, 3.05) is 0 Å². The van der Waals surface area contributed by atoms with Crippen LogP contribution in [0.5, 0.6) is 0 Å². The van der Waals surface area contributed by atoms with Gasteiger partial charge in [-0.25, -0.2) is 0 Å². The number of carbonyl (C=O) groups is 1. The van der Waals surface area contributed by atoms with Crippen molar-refractivity contribution >= 4 is 28.9 Å². The highest BCUT2D eigenvalue weighted by atomic mass is 127. The summed E-state index contributed by atoms with van der Waals surface area (Å²) in [6.07, 6.45) is 0.718. The zero-order chi connectivity index (χ0) is 11.7. The van der Waals surface area contributed by atoms with Gasteiger partial charge in [-0.05, 0) is 71.8 Å². The Hall–Kier alpha value is -1.10. The minimum Gasteiger partial charge on any atom is -0.453 e. The van der Waals surface area contributed by atoms with E-state index in [4.69, 9.17) is 4.42 Å². The Morgan fingerprint density at radius 3 is 2.31 bits per heavy atom. The lowest BCUT2D eigenvalue weighted by Crippen LogP contribution is -1.87. The summed E-state index contributed by atoms with van der Waals surface area (Å²) in [5, 5.41) is 0. The molecule has 2 rings (SSSR count). The summed E-state index contributed by atoms with van der Waals surface area (Å²) in [7, 11) is 0. The maximum absolute atomic E-state index is 10.5. The van der Waals surface area contributed by atoms with Crippen LogP contribution >= 0.6 is 22.6 Å². The molecule has 0 aliphatic heterocycles. The monoisotopic (exact) mass is 326 g/mol. The molecule has 0 radical (unpaired) electrons. The first-order valence-electron chi connectivity index (χ1n) is 4.94. The van der Waals surface area contributed by atoms with Gasteiger partial charge in [-0.2, -0.15) is 0 Å². The van der Waals surface area contributed by atoms with Crippen LogP contribution in [0.2, 0.25) is 0 Å². The van der Waals surface area contributed by atoms with Crippen LogP contribution in [0.4, 0.5) is 0 Å². The molecular formula is C13H11IO2. The van der Waals surface area contributed by atoms with Gasteiger partial charge in [0.2, 0.25) is 0 Å². The summed E-state index contributed by atoms with van der Waals surface area (Å²) in [4.78, 5) is 10.5. The molecule has 0 atom stereocenters. The zero-order valence-corrected chi connectivity index (χ0v) is 11.2. The summed E-state index contributed by atoms with van der Waals surface area (Å²) in [5.74, 6) is 1.11. The van der Waals surface area contributed by atoms with Gasteiger partial charge in [0, 0.05) is 9.13 Å². The Bertz CT molecular complexity index is 518. The fourth-order valence-corrected chi connectivity index (χ4v) is 1.97. The van der Waals surface area contributed by atoms with E-state index in [1.165, 1.54) is 14.7 Å². The Balaban J connectivity index is 2.52. The molecule has 0 aliphatic carbocycles. The van der Waals surface area contributed by atoms with Gasteiger partial charge in [-0.1, -0.05) is 0 Å². The standard InChI is InChI=1S/C13H11IO2/c1-8-5-10(6-9(2)13(8)14)12-4-3-11(7-15)16-12/h3-7H,1-2H3. The predicted molar refractivity (Wildman–Crippen MR) is 71.7 cm³/mol. The molecule has 2 aromatic rings. The van der Waals surface area contributed by atoms with Crippen LogP contribution in [0.1, 0.15) is 21.7 Å². The van der Waals surface area contributed by atoms with Crippen LogP contribution in [0.15, 0.2) is 28.7 Å². The van der Waals surface area contributed by atoms with Crippen LogP contribution in [0.25, 0.3) is 11.3 Å². The van der Waals surface area contributed by atoms with Crippen LogP contribution < -0.4 is 0 Å². The summed E-state index contributed by atoms with van der Waals surface area (Å²) in [6, 6.07) is 7.65. The molecule has 0 amide bonds. The second-order valence-electron chi connectivity index (χ2n) is 3.74. The first-order chi connectivity index (χ1) is 7.61. The van der Waals surface area contributed by atoms with Crippen molar-refractivity contribution in [1.82, 2.24) is 0 Å². The highest BCUT2D eigenvalue weighted by Crippen LogP contribution is 2.27. The van der Waals surface area contributed by atoms with Crippen molar-refractivity contribution in [3.05, 3.63) is 44.7 Å². The molecular weight excluding hydrogens is 315 g/mol. The second-order valence-corrected chi connectivity index (χ2v) is 4.82. The van der Waals surface area contributed by atoms with Crippen molar-refractivity contribution in [1.29, 1.82) is 0 Å². The molecule has 2 nitrogen and oxygen atoms in total. The fourth-order valence-electron chi connectivity index (χ4n) is 1.66. The number of halogens is 1. The van der Waals surface area contributed by atoms with E-state index < -0.39 is 0 Å². The minimum absolute atomic E-state index is 0.365. The molecule has 1 heterocycles. The number of hydrogen-bond donors (Lipinski definition) is 0. The minimum atomic E-state index is 0.365. The van der Waals surface area contributed by atoms with Gasteiger partial charge in [-0.3, -0.25) is 4.79 Å². The van der Waals surface area contributed by atoms with Crippen molar-refractivity contribution in [3.63, 3.8) is 0 Å². The number of carbonyl (C=O) groups excluding carboxylic acids is 1. The quantitative estimate of drug-likeness (QED) is 0.617. The van der Waals surface area contributed by atoms with E-state index in [0.717, 1.165) is 17.6 Å². The number of rotatable bonds is 2. The maximum Gasteiger partial charge on any atom is 0.185 e. The van der Waals surface area contributed by atoms with Crippen molar-refractivity contribution in [2.45, 2.75) is 13.8 Å². The van der Waals surface area contributed by atoms with E-state index >= 15 is 0 Å². The molecule has 0 N–H and O–H groups in total. The van der Waals surface area contributed by atoms with Crippen LogP contribution in [0, 0.1) is 17.4 Å². The average Bonchev–Trinajstić information content (AvgIpc) is 2.73. The third-order valence-electron chi connectivity index (χ3n) is 2.46. The first-order valence-corrected chi connectivity index (χ1v) is 6.02. The molecule has 0 saturated carbocycles. The molecule has 1 aromatic heterocycles. The molecule has 3 heteroatoms. The number of benzene rings is 1. The number of aryl methyl sites for hydroxylation is 2. The number of hydrogen-bond acceptors (Lipinski definition) is 2. The molecule has 82 valence electrons. The number of furan rings is 1. The first kappa shape index (κ1) is 11.4. The van der Waals surface area contributed by atoms with E-state index in [-0.39, 0.29) is 0 Å². The molecule has 0 spiro atoms. The Kier molecular flexibility index (Phi) is 3.14. The maximum atomic E-state index is 10.5. The molecule has 16 heavy (non-hydrogen) atoms. The highest BCUT2D eigenvalue weighted by Gasteiger charge is 2.07. The van der Waals surface area contributed by atoms with E-state index in [1.54, 1.807) is 6.07 Å². The van der Waals surface area contributed by atoms with E-state index in [2.05, 4.69) is 48.6 Å². The number of aldehydes is 1. The van der Waals surface area contributed by atoms with Gasteiger partial charge < -0.3 is 4.42 Å². The van der Waals surface area contributed by atoms with Gasteiger partial charge in [-0.15, -0.1) is 0 Å². The normalized spacial score (nSPS) is 10.4. The summed E-state index contributed by atoms with van der Waals surface area (Å²) >= 11 is 2.33. The highest BCUT2D eigenvalue weighted by molar-refractivity contribution is 14.1. The predicted octanol–water partition coefficient (Wildman–Crippen LogP) is 3.98. The Morgan fingerprint density at radius 1 is 1.19 bits per heavy atom. The SMILES string of the molecule is Cc1cc(-c2ccc(C=O)o2)cc(C)c1I. The Labute approximate surface area is 108 Å². The fraction of sp³-hybridized carbons (Fsp3) is 0.154. The lowest BCUT2D eigenvalue weighted by Gasteiger charge is -2.05. The van der Waals surface area contributed by atoms with E-state index in [9.17, 15) is 4.79 Å². The summed E-state index contributed by atoms with van der Waals surface area (Å²) < 4.78 is 6.67. The van der Waals surface area contributed by atoms with E-state index in [1.807, 2.05) is 6.07 Å². The molecule has 0 unspecified atom stereocenters. The second kappa shape index (κ2) is 4.41. The largest absolute Gasteiger partial charge is 0.453 e. The molecule has 0 bridgehead atoms. The summed E-state index contributed by atoms with van der Waals surface area (Å²) in [6.45, 7) is 4.14. The summed E-state index contributed by atoms with van der Waals surface area (Å²) in [5.41, 5.74) is 3.46. The molecule has 1 aromatic carbocycles. The topological polar surface area (TPSA) is 30.2 Å². The smallest absolute Gasteiger partial charge is 0.185 e. The third kappa shape index (κ3) is 2.04. The molecule has 0 fully saturated rings. The van der Waals surface area contributed by atoms with Gasteiger partial charge in [0.25, 0.3) is 0 Å². The van der Waals surface area contributed by atoms with Gasteiger partial charge in [0.05, 0.1) is 0 Å². The van der Waals surface area contributed by atoms with Gasteiger partial charge in [0.1, 0.15) is 5.76 Å². The van der Waals surface area contributed by atoms with Crippen LogP contribution in [-0.2, 0) is 0 Å². The molecule has 0 saturated heterocycles. The average molecular weight is 326 g/mol.